The minimum absolute atomic E-state index is 0.142. The molecule has 1 aromatic carbocycles. The van der Waals surface area contributed by atoms with E-state index < -0.39 is 0 Å². The lowest BCUT2D eigenvalue weighted by atomic mass is 10.1. The number of ketones is 2. The number of allylic oxidation sites excluding steroid dienone is 1. The standard InChI is InChI=1S/C14H14O3/c1-3-9-17-13-7-5-11(6-8-13)14(16)10-12(15)4-2/h3-8H,1-2,9-10H2. The summed E-state index contributed by atoms with van der Waals surface area (Å²) in [4.78, 5) is 22.6. The van der Waals surface area contributed by atoms with Gasteiger partial charge in [0.25, 0.3) is 0 Å². The van der Waals surface area contributed by atoms with Gasteiger partial charge in [0.05, 0.1) is 6.42 Å². The molecule has 3 heteroatoms. The molecule has 0 atom stereocenters. The van der Waals surface area contributed by atoms with Crippen molar-refractivity contribution in [2.75, 3.05) is 6.61 Å². The number of ether oxygens (including phenoxy) is 1. The minimum Gasteiger partial charge on any atom is -0.490 e. The van der Waals surface area contributed by atoms with Gasteiger partial charge >= 0.3 is 0 Å². The molecular formula is C14H14O3. The average molecular weight is 230 g/mol. The fraction of sp³-hybridized carbons (Fsp3) is 0.143. The Morgan fingerprint density at radius 1 is 1.18 bits per heavy atom. The summed E-state index contributed by atoms with van der Waals surface area (Å²) in [6.45, 7) is 7.28. The van der Waals surface area contributed by atoms with Crippen LogP contribution in [-0.2, 0) is 4.79 Å². The fourth-order valence-electron chi connectivity index (χ4n) is 1.22. The van der Waals surface area contributed by atoms with Crippen molar-refractivity contribution in [1.29, 1.82) is 0 Å². The highest BCUT2D eigenvalue weighted by Gasteiger charge is 2.09. The topological polar surface area (TPSA) is 43.4 Å². The molecule has 0 aliphatic rings. The second-order valence-electron chi connectivity index (χ2n) is 3.39. The van der Waals surface area contributed by atoms with E-state index in [1.165, 1.54) is 0 Å². The van der Waals surface area contributed by atoms with Gasteiger partial charge in [-0.1, -0.05) is 19.2 Å². The molecule has 0 heterocycles. The number of hydrogen-bond donors (Lipinski definition) is 0. The lowest BCUT2D eigenvalue weighted by Crippen LogP contribution is -2.05. The number of rotatable bonds is 7. The van der Waals surface area contributed by atoms with Crippen LogP contribution in [-0.4, -0.2) is 18.2 Å². The van der Waals surface area contributed by atoms with Crippen molar-refractivity contribution >= 4 is 11.6 Å². The highest BCUT2D eigenvalue weighted by molar-refractivity contribution is 6.11. The van der Waals surface area contributed by atoms with Crippen LogP contribution in [0.3, 0.4) is 0 Å². The Bertz CT molecular complexity index is 429. The predicted molar refractivity (Wildman–Crippen MR) is 66.3 cm³/mol. The molecule has 3 nitrogen and oxygen atoms in total. The quantitative estimate of drug-likeness (QED) is 0.313. The molecule has 0 spiro atoms. The number of carbonyl (C=O) groups is 2. The molecule has 17 heavy (non-hydrogen) atoms. The zero-order chi connectivity index (χ0) is 12.7. The summed E-state index contributed by atoms with van der Waals surface area (Å²) in [7, 11) is 0. The number of carbonyl (C=O) groups excluding carboxylic acids is 2. The molecule has 0 radical (unpaired) electrons. The zero-order valence-electron chi connectivity index (χ0n) is 9.52. The second kappa shape index (κ2) is 6.43. The van der Waals surface area contributed by atoms with Crippen molar-refractivity contribution in [1.82, 2.24) is 0 Å². The number of Topliss-reactive ketones (excluding diaryl/α,β-unsaturated/α-hetero) is 1. The first-order valence-electron chi connectivity index (χ1n) is 5.19. The molecule has 0 aliphatic carbocycles. The Morgan fingerprint density at radius 2 is 1.82 bits per heavy atom. The molecule has 1 aromatic rings. The monoisotopic (exact) mass is 230 g/mol. The van der Waals surface area contributed by atoms with Gasteiger partial charge in [0.1, 0.15) is 12.4 Å². The highest BCUT2D eigenvalue weighted by atomic mass is 16.5. The van der Waals surface area contributed by atoms with E-state index in [0.717, 1.165) is 6.08 Å². The molecule has 0 saturated heterocycles. The van der Waals surface area contributed by atoms with Gasteiger partial charge in [0, 0.05) is 5.56 Å². The summed E-state index contributed by atoms with van der Waals surface area (Å²) in [5.74, 6) is 0.170. The van der Waals surface area contributed by atoms with Crippen molar-refractivity contribution in [2.45, 2.75) is 6.42 Å². The van der Waals surface area contributed by atoms with E-state index in [4.69, 9.17) is 4.74 Å². The third-order valence-corrected chi connectivity index (χ3v) is 2.11. The Labute approximate surface area is 100 Å². The normalized spacial score (nSPS) is 9.41. The maximum absolute atomic E-state index is 11.6. The first-order valence-corrected chi connectivity index (χ1v) is 5.19. The van der Waals surface area contributed by atoms with E-state index in [0.29, 0.717) is 17.9 Å². The molecule has 1 rings (SSSR count). The Hall–Kier alpha value is -2.16. The van der Waals surface area contributed by atoms with Crippen LogP contribution in [0.4, 0.5) is 0 Å². The zero-order valence-corrected chi connectivity index (χ0v) is 9.52. The van der Waals surface area contributed by atoms with Gasteiger partial charge in [-0.05, 0) is 30.3 Å². The van der Waals surface area contributed by atoms with Crippen molar-refractivity contribution in [3.05, 3.63) is 55.1 Å². The summed E-state index contributed by atoms with van der Waals surface area (Å²) in [6.07, 6.45) is 2.65. The molecule has 0 unspecified atom stereocenters. The van der Waals surface area contributed by atoms with E-state index in [-0.39, 0.29) is 18.0 Å². The fourth-order valence-corrected chi connectivity index (χ4v) is 1.22. The van der Waals surface area contributed by atoms with E-state index >= 15 is 0 Å². The molecule has 0 amide bonds. The smallest absolute Gasteiger partial charge is 0.170 e. The van der Waals surface area contributed by atoms with E-state index in [1.54, 1.807) is 30.3 Å². The molecule has 0 saturated carbocycles. The summed E-state index contributed by atoms with van der Waals surface area (Å²) >= 11 is 0. The van der Waals surface area contributed by atoms with Crippen LogP contribution in [0.25, 0.3) is 0 Å². The van der Waals surface area contributed by atoms with Crippen molar-refractivity contribution in [2.24, 2.45) is 0 Å². The third kappa shape index (κ3) is 4.07. The first-order chi connectivity index (χ1) is 8.17. The maximum atomic E-state index is 11.6. The number of benzene rings is 1. The molecule has 0 bridgehead atoms. The van der Waals surface area contributed by atoms with Gasteiger partial charge in [-0.25, -0.2) is 0 Å². The summed E-state index contributed by atoms with van der Waals surface area (Å²) in [6, 6.07) is 6.65. The largest absolute Gasteiger partial charge is 0.490 e. The van der Waals surface area contributed by atoms with E-state index in [2.05, 4.69) is 13.2 Å². The molecule has 0 fully saturated rings. The third-order valence-electron chi connectivity index (χ3n) is 2.11. The summed E-state index contributed by atoms with van der Waals surface area (Å²) < 4.78 is 5.28. The number of hydrogen-bond acceptors (Lipinski definition) is 3. The lowest BCUT2D eigenvalue weighted by molar-refractivity contribution is -0.113. The average Bonchev–Trinajstić information content (AvgIpc) is 2.36. The molecular weight excluding hydrogens is 216 g/mol. The van der Waals surface area contributed by atoms with E-state index in [1.807, 2.05) is 0 Å². The Kier molecular flexibility index (Phi) is 4.88. The van der Waals surface area contributed by atoms with Crippen LogP contribution < -0.4 is 4.74 Å². The van der Waals surface area contributed by atoms with Crippen LogP contribution in [0.5, 0.6) is 5.75 Å². The van der Waals surface area contributed by atoms with Crippen LogP contribution in [0.15, 0.2) is 49.6 Å². The Balaban J connectivity index is 2.66. The van der Waals surface area contributed by atoms with Crippen molar-refractivity contribution < 1.29 is 14.3 Å². The van der Waals surface area contributed by atoms with Crippen molar-refractivity contribution in [3.63, 3.8) is 0 Å². The summed E-state index contributed by atoms with van der Waals surface area (Å²) in [5, 5.41) is 0. The second-order valence-corrected chi connectivity index (χ2v) is 3.39. The maximum Gasteiger partial charge on any atom is 0.170 e. The van der Waals surface area contributed by atoms with Gasteiger partial charge in [0.15, 0.2) is 11.6 Å². The van der Waals surface area contributed by atoms with Crippen molar-refractivity contribution in [3.8, 4) is 5.75 Å². The first kappa shape index (κ1) is 12.9. The molecule has 88 valence electrons. The minimum atomic E-state index is -0.276. The van der Waals surface area contributed by atoms with E-state index in [9.17, 15) is 9.59 Å². The molecule has 0 aromatic heterocycles. The summed E-state index contributed by atoms with van der Waals surface area (Å²) in [5.41, 5.74) is 0.492. The van der Waals surface area contributed by atoms with Gasteiger partial charge in [0.2, 0.25) is 0 Å². The van der Waals surface area contributed by atoms with Crippen LogP contribution >= 0.6 is 0 Å². The van der Waals surface area contributed by atoms with Crippen LogP contribution in [0.1, 0.15) is 16.8 Å². The predicted octanol–water partition coefficient (Wildman–Crippen LogP) is 2.58. The SMILES string of the molecule is C=CCOc1ccc(C(=O)CC(=O)C=C)cc1. The van der Waals surface area contributed by atoms with Crippen LogP contribution in [0.2, 0.25) is 0 Å². The highest BCUT2D eigenvalue weighted by Crippen LogP contribution is 2.13. The van der Waals surface area contributed by atoms with Gasteiger partial charge in [-0.2, -0.15) is 0 Å². The lowest BCUT2D eigenvalue weighted by Gasteiger charge is -2.04. The Morgan fingerprint density at radius 3 is 2.35 bits per heavy atom. The van der Waals surface area contributed by atoms with Gasteiger partial charge in [-0.3, -0.25) is 9.59 Å². The van der Waals surface area contributed by atoms with Crippen LogP contribution in [0, 0.1) is 0 Å². The van der Waals surface area contributed by atoms with Gasteiger partial charge in [-0.15, -0.1) is 0 Å². The van der Waals surface area contributed by atoms with Gasteiger partial charge < -0.3 is 4.74 Å². The molecule has 0 N–H and O–H groups in total. The molecule has 0 aliphatic heterocycles.